The molecule has 6 heteroatoms. The van der Waals surface area contributed by atoms with Gasteiger partial charge in [0.25, 0.3) is 0 Å². The third kappa shape index (κ3) is 2.18. The van der Waals surface area contributed by atoms with Crippen LogP contribution >= 0.6 is 38.9 Å². The molecule has 0 aliphatic rings. The Kier molecular flexibility index (Phi) is 3.35. The lowest BCUT2D eigenvalue weighted by atomic mass is 10.0. The first kappa shape index (κ1) is 12.7. The molecule has 3 nitrogen and oxygen atoms in total. The minimum Gasteiger partial charge on any atom is -0.382 e. The predicted molar refractivity (Wildman–Crippen MR) is 84.5 cm³/mol. The number of hydrogen-bond acceptors (Lipinski definition) is 3. The third-order valence-corrected chi connectivity index (χ3v) is 4.83. The Morgan fingerprint density at radius 3 is 2.74 bits per heavy atom. The average molecular weight is 355 g/mol. The molecule has 0 saturated heterocycles. The average Bonchev–Trinajstić information content (AvgIpc) is 2.96. The summed E-state index contributed by atoms with van der Waals surface area (Å²) in [5, 5.41) is 9.72. The van der Waals surface area contributed by atoms with E-state index in [1.54, 1.807) is 11.3 Å². The first-order valence-electron chi connectivity index (χ1n) is 5.50. The maximum Gasteiger partial charge on any atom is 0.153 e. The molecule has 0 unspecified atom stereocenters. The van der Waals surface area contributed by atoms with Crippen molar-refractivity contribution in [1.82, 2.24) is 10.2 Å². The molecular formula is C13H9BrClN3S. The van der Waals surface area contributed by atoms with Crippen molar-refractivity contribution < 1.29 is 0 Å². The van der Waals surface area contributed by atoms with E-state index in [1.807, 2.05) is 35.7 Å². The highest BCUT2D eigenvalue weighted by atomic mass is 79.9. The van der Waals surface area contributed by atoms with Crippen LogP contribution < -0.4 is 5.73 Å². The van der Waals surface area contributed by atoms with Crippen molar-refractivity contribution >= 4 is 44.7 Å². The summed E-state index contributed by atoms with van der Waals surface area (Å²) in [6, 6.07) is 9.76. The smallest absolute Gasteiger partial charge is 0.153 e. The van der Waals surface area contributed by atoms with Crippen LogP contribution in [-0.2, 0) is 0 Å². The van der Waals surface area contributed by atoms with E-state index in [0.29, 0.717) is 10.8 Å². The van der Waals surface area contributed by atoms with Crippen molar-refractivity contribution in [2.75, 3.05) is 5.73 Å². The second kappa shape index (κ2) is 5.00. The summed E-state index contributed by atoms with van der Waals surface area (Å²) in [6.07, 6.45) is 0. The molecule has 2 heterocycles. The van der Waals surface area contributed by atoms with Crippen LogP contribution in [0.5, 0.6) is 0 Å². The first-order chi connectivity index (χ1) is 9.18. The monoisotopic (exact) mass is 353 g/mol. The SMILES string of the molecule is Nc1n[nH]c(-c2sccc2Cl)c1-c1ccccc1Br. The maximum atomic E-state index is 6.19. The third-order valence-electron chi connectivity index (χ3n) is 2.78. The standard InChI is InChI=1S/C13H9BrClN3S/c14-8-4-2-1-3-7(8)10-11(17-18-13(10)16)12-9(15)5-6-19-12/h1-6H,(H3,16,17,18). The summed E-state index contributed by atoms with van der Waals surface area (Å²) in [5.41, 5.74) is 8.71. The van der Waals surface area contributed by atoms with Crippen LogP contribution in [0.25, 0.3) is 21.7 Å². The summed E-state index contributed by atoms with van der Waals surface area (Å²) >= 11 is 11.3. The molecule has 3 rings (SSSR count). The minimum atomic E-state index is 0.464. The van der Waals surface area contributed by atoms with Crippen LogP contribution in [-0.4, -0.2) is 10.2 Å². The molecule has 0 radical (unpaired) electrons. The summed E-state index contributed by atoms with van der Waals surface area (Å²) in [7, 11) is 0. The van der Waals surface area contributed by atoms with Gasteiger partial charge in [0.05, 0.1) is 21.2 Å². The van der Waals surface area contributed by atoms with Crippen molar-refractivity contribution in [1.29, 1.82) is 0 Å². The van der Waals surface area contributed by atoms with E-state index in [2.05, 4.69) is 26.1 Å². The van der Waals surface area contributed by atoms with Gasteiger partial charge in [-0.2, -0.15) is 5.10 Å². The molecule has 0 fully saturated rings. The molecule has 0 aliphatic heterocycles. The number of rotatable bonds is 2. The molecule has 0 spiro atoms. The predicted octanol–water partition coefficient (Wildman–Crippen LogP) is 4.80. The highest BCUT2D eigenvalue weighted by Crippen LogP contribution is 2.42. The van der Waals surface area contributed by atoms with E-state index in [1.165, 1.54) is 0 Å². The van der Waals surface area contributed by atoms with Gasteiger partial charge in [-0.3, -0.25) is 5.10 Å². The summed E-state index contributed by atoms with van der Waals surface area (Å²) < 4.78 is 0.969. The number of nitrogens with zero attached hydrogens (tertiary/aromatic N) is 1. The Morgan fingerprint density at radius 2 is 2.05 bits per heavy atom. The summed E-state index contributed by atoms with van der Waals surface area (Å²) in [6.45, 7) is 0. The van der Waals surface area contributed by atoms with Gasteiger partial charge >= 0.3 is 0 Å². The molecule has 3 N–H and O–H groups in total. The van der Waals surface area contributed by atoms with Gasteiger partial charge in [-0.05, 0) is 17.5 Å². The van der Waals surface area contributed by atoms with Gasteiger partial charge in [0.15, 0.2) is 5.82 Å². The van der Waals surface area contributed by atoms with E-state index in [-0.39, 0.29) is 0 Å². The van der Waals surface area contributed by atoms with Gasteiger partial charge in [0.1, 0.15) is 0 Å². The van der Waals surface area contributed by atoms with Crippen LogP contribution in [0.3, 0.4) is 0 Å². The molecule has 19 heavy (non-hydrogen) atoms. The lowest BCUT2D eigenvalue weighted by Gasteiger charge is -2.06. The Morgan fingerprint density at radius 1 is 1.26 bits per heavy atom. The van der Waals surface area contributed by atoms with Gasteiger partial charge in [0, 0.05) is 10.0 Å². The van der Waals surface area contributed by atoms with Crippen LogP contribution in [0, 0.1) is 0 Å². The molecule has 0 bridgehead atoms. The van der Waals surface area contributed by atoms with Crippen molar-refractivity contribution in [3.8, 4) is 21.7 Å². The number of hydrogen-bond donors (Lipinski definition) is 2. The lowest BCUT2D eigenvalue weighted by molar-refractivity contribution is 1.11. The number of nitrogens with two attached hydrogens (primary N) is 1. The van der Waals surface area contributed by atoms with E-state index in [4.69, 9.17) is 17.3 Å². The number of aromatic amines is 1. The van der Waals surface area contributed by atoms with Crippen molar-refractivity contribution in [3.05, 3.63) is 45.2 Å². The zero-order valence-corrected chi connectivity index (χ0v) is 12.8. The molecule has 0 atom stereocenters. The molecule has 0 saturated carbocycles. The fraction of sp³-hybridized carbons (Fsp3) is 0. The van der Waals surface area contributed by atoms with Gasteiger partial charge in [-0.1, -0.05) is 45.7 Å². The highest BCUT2D eigenvalue weighted by molar-refractivity contribution is 9.10. The maximum absolute atomic E-state index is 6.19. The molecule has 0 amide bonds. The number of thiophene rings is 1. The molecular weight excluding hydrogens is 346 g/mol. The van der Waals surface area contributed by atoms with E-state index >= 15 is 0 Å². The minimum absolute atomic E-state index is 0.464. The van der Waals surface area contributed by atoms with Crippen LogP contribution in [0.2, 0.25) is 5.02 Å². The Bertz CT molecular complexity index is 735. The van der Waals surface area contributed by atoms with E-state index < -0.39 is 0 Å². The van der Waals surface area contributed by atoms with Crippen molar-refractivity contribution in [3.63, 3.8) is 0 Å². The Labute approximate surface area is 127 Å². The fourth-order valence-electron chi connectivity index (χ4n) is 1.93. The number of H-pyrrole nitrogens is 1. The topological polar surface area (TPSA) is 54.7 Å². The van der Waals surface area contributed by atoms with Crippen LogP contribution in [0.1, 0.15) is 0 Å². The number of benzene rings is 1. The largest absolute Gasteiger partial charge is 0.382 e. The quantitative estimate of drug-likeness (QED) is 0.694. The van der Waals surface area contributed by atoms with Gasteiger partial charge < -0.3 is 5.73 Å². The molecule has 0 aliphatic carbocycles. The molecule has 2 aromatic heterocycles. The molecule has 3 aromatic rings. The van der Waals surface area contributed by atoms with Crippen molar-refractivity contribution in [2.45, 2.75) is 0 Å². The van der Waals surface area contributed by atoms with E-state index in [0.717, 1.165) is 26.2 Å². The Hall–Kier alpha value is -1.30. The number of anilines is 1. The first-order valence-corrected chi connectivity index (χ1v) is 7.55. The summed E-state index contributed by atoms with van der Waals surface area (Å²) in [5.74, 6) is 0.464. The zero-order valence-electron chi connectivity index (χ0n) is 9.65. The molecule has 96 valence electrons. The van der Waals surface area contributed by atoms with Crippen LogP contribution in [0.4, 0.5) is 5.82 Å². The Balaban J connectivity index is 2.26. The number of halogens is 2. The van der Waals surface area contributed by atoms with Gasteiger partial charge in [0.2, 0.25) is 0 Å². The van der Waals surface area contributed by atoms with Crippen LogP contribution in [0.15, 0.2) is 40.2 Å². The fourth-order valence-corrected chi connectivity index (χ4v) is 3.56. The van der Waals surface area contributed by atoms with Crippen molar-refractivity contribution in [2.24, 2.45) is 0 Å². The molecule has 1 aromatic carbocycles. The zero-order chi connectivity index (χ0) is 13.4. The van der Waals surface area contributed by atoms with Gasteiger partial charge in [-0.15, -0.1) is 11.3 Å². The van der Waals surface area contributed by atoms with E-state index in [9.17, 15) is 0 Å². The second-order valence-corrected chi connectivity index (χ2v) is 6.11. The number of nitrogen functional groups attached to an aromatic ring is 1. The number of aromatic nitrogens is 2. The second-order valence-electron chi connectivity index (χ2n) is 3.94. The highest BCUT2D eigenvalue weighted by Gasteiger charge is 2.19. The lowest BCUT2D eigenvalue weighted by Crippen LogP contribution is -1.89. The van der Waals surface area contributed by atoms with Gasteiger partial charge in [-0.25, -0.2) is 0 Å². The number of nitrogens with one attached hydrogen (secondary N) is 1. The normalized spacial score (nSPS) is 10.8. The summed E-state index contributed by atoms with van der Waals surface area (Å²) in [4.78, 5) is 0.941.